The normalized spacial score (nSPS) is 10.9. The molecule has 0 rings (SSSR count). The SMILES string of the molecule is CCCCCCCCC(=O)OCC(COC(=O)CCCCCCCC)CC(C)=O. The fraction of sp³-hybridized carbons (Fsp3) is 0.875. The second-order valence-electron chi connectivity index (χ2n) is 8.17. The molecule has 0 aliphatic heterocycles. The lowest BCUT2D eigenvalue weighted by Gasteiger charge is -2.16. The molecule has 0 aliphatic carbocycles. The third-order valence-electron chi connectivity index (χ3n) is 5.01. The highest BCUT2D eigenvalue weighted by molar-refractivity contribution is 5.76. The molecule has 0 bridgehead atoms. The number of Topliss-reactive ketones (excluding diaryl/α,β-unsaturated/α-hetero) is 1. The fourth-order valence-corrected chi connectivity index (χ4v) is 3.24. The molecular weight excluding hydrogens is 368 g/mol. The molecule has 0 unspecified atom stereocenters. The van der Waals surface area contributed by atoms with Crippen LogP contribution in [0.3, 0.4) is 0 Å². The van der Waals surface area contributed by atoms with Crippen molar-refractivity contribution in [3.63, 3.8) is 0 Å². The van der Waals surface area contributed by atoms with Crippen molar-refractivity contribution in [1.82, 2.24) is 0 Å². The van der Waals surface area contributed by atoms with Crippen LogP contribution in [0.1, 0.15) is 117 Å². The zero-order valence-electron chi connectivity index (χ0n) is 19.1. The average molecular weight is 413 g/mol. The molecular formula is C24H44O5. The first-order chi connectivity index (χ1) is 14.0. The van der Waals surface area contributed by atoms with E-state index in [4.69, 9.17) is 9.47 Å². The predicted molar refractivity (Wildman–Crippen MR) is 117 cm³/mol. The lowest BCUT2D eigenvalue weighted by molar-refractivity contribution is -0.150. The Morgan fingerprint density at radius 3 is 1.38 bits per heavy atom. The number of ether oxygens (including phenoxy) is 2. The van der Waals surface area contributed by atoms with Gasteiger partial charge in [0, 0.05) is 25.2 Å². The van der Waals surface area contributed by atoms with Gasteiger partial charge in [-0.3, -0.25) is 9.59 Å². The first kappa shape index (κ1) is 27.6. The molecule has 0 saturated carbocycles. The molecule has 0 saturated heterocycles. The maximum Gasteiger partial charge on any atom is 0.305 e. The second kappa shape index (κ2) is 19.9. The van der Waals surface area contributed by atoms with E-state index in [9.17, 15) is 14.4 Å². The molecule has 0 atom stereocenters. The van der Waals surface area contributed by atoms with Crippen molar-refractivity contribution in [3.05, 3.63) is 0 Å². The number of carbonyl (C=O) groups excluding carboxylic acids is 3. The maximum absolute atomic E-state index is 11.9. The molecule has 170 valence electrons. The van der Waals surface area contributed by atoms with E-state index in [1.54, 1.807) is 0 Å². The smallest absolute Gasteiger partial charge is 0.305 e. The van der Waals surface area contributed by atoms with Gasteiger partial charge < -0.3 is 14.3 Å². The molecule has 0 aromatic heterocycles. The number of unbranched alkanes of at least 4 members (excludes halogenated alkanes) is 10. The topological polar surface area (TPSA) is 69.7 Å². The van der Waals surface area contributed by atoms with Gasteiger partial charge in [-0.1, -0.05) is 78.1 Å². The van der Waals surface area contributed by atoms with Gasteiger partial charge in [0.1, 0.15) is 5.78 Å². The Morgan fingerprint density at radius 2 is 1.00 bits per heavy atom. The summed E-state index contributed by atoms with van der Waals surface area (Å²) in [6, 6.07) is 0. The maximum atomic E-state index is 11.9. The summed E-state index contributed by atoms with van der Waals surface area (Å²) in [6.45, 7) is 6.14. The third-order valence-corrected chi connectivity index (χ3v) is 5.01. The molecule has 0 N–H and O–H groups in total. The van der Waals surface area contributed by atoms with Crippen molar-refractivity contribution in [1.29, 1.82) is 0 Å². The van der Waals surface area contributed by atoms with E-state index >= 15 is 0 Å². The summed E-state index contributed by atoms with van der Waals surface area (Å²) >= 11 is 0. The molecule has 0 aromatic rings. The van der Waals surface area contributed by atoms with E-state index in [0.717, 1.165) is 38.5 Å². The van der Waals surface area contributed by atoms with E-state index in [-0.39, 0.29) is 43.3 Å². The van der Waals surface area contributed by atoms with E-state index in [1.165, 1.54) is 45.4 Å². The van der Waals surface area contributed by atoms with Crippen LogP contribution in [0.2, 0.25) is 0 Å². The summed E-state index contributed by atoms with van der Waals surface area (Å²) in [7, 11) is 0. The summed E-state index contributed by atoms with van der Waals surface area (Å²) in [5, 5.41) is 0. The van der Waals surface area contributed by atoms with Crippen molar-refractivity contribution in [3.8, 4) is 0 Å². The number of ketones is 1. The highest BCUT2D eigenvalue weighted by atomic mass is 16.5. The van der Waals surface area contributed by atoms with Crippen molar-refractivity contribution >= 4 is 17.7 Å². The molecule has 0 amide bonds. The largest absolute Gasteiger partial charge is 0.465 e. The Morgan fingerprint density at radius 1 is 0.621 bits per heavy atom. The Hall–Kier alpha value is -1.39. The molecule has 0 aliphatic rings. The minimum absolute atomic E-state index is 0.00828. The van der Waals surface area contributed by atoms with Gasteiger partial charge in [-0.15, -0.1) is 0 Å². The lowest BCUT2D eigenvalue weighted by atomic mass is 10.1. The molecule has 5 nitrogen and oxygen atoms in total. The Bertz CT molecular complexity index is 401. The molecule has 0 aromatic carbocycles. The van der Waals surface area contributed by atoms with Gasteiger partial charge in [-0.05, 0) is 19.8 Å². The molecule has 29 heavy (non-hydrogen) atoms. The molecule has 0 spiro atoms. The molecule has 0 fully saturated rings. The molecule has 0 heterocycles. The van der Waals surface area contributed by atoms with Crippen LogP contribution in [0.15, 0.2) is 0 Å². The van der Waals surface area contributed by atoms with Crippen molar-refractivity contribution in [2.75, 3.05) is 13.2 Å². The highest BCUT2D eigenvalue weighted by Gasteiger charge is 2.17. The van der Waals surface area contributed by atoms with Crippen LogP contribution in [0.5, 0.6) is 0 Å². The van der Waals surface area contributed by atoms with Gasteiger partial charge in [0.05, 0.1) is 13.2 Å². The minimum Gasteiger partial charge on any atom is -0.465 e. The molecule has 5 heteroatoms. The zero-order valence-corrected chi connectivity index (χ0v) is 19.1. The number of esters is 2. The van der Waals surface area contributed by atoms with Crippen molar-refractivity contribution < 1.29 is 23.9 Å². The zero-order chi connectivity index (χ0) is 21.7. The first-order valence-corrected chi connectivity index (χ1v) is 11.8. The van der Waals surface area contributed by atoms with Gasteiger partial charge in [-0.25, -0.2) is 0 Å². The number of hydrogen-bond acceptors (Lipinski definition) is 5. The Kier molecular flexibility index (Phi) is 19.0. The van der Waals surface area contributed by atoms with Gasteiger partial charge in [0.15, 0.2) is 0 Å². The van der Waals surface area contributed by atoms with Crippen LogP contribution in [-0.4, -0.2) is 30.9 Å². The fourth-order valence-electron chi connectivity index (χ4n) is 3.24. The number of rotatable bonds is 20. The monoisotopic (exact) mass is 412 g/mol. The van der Waals surface area contributed by atoms with E-state index < -0.39 is 0 Å². The summed E-state index contributed by atoms with van der Waals surface area (Å²) in [5.41, 5.74) is 0. The average Bonchev–Trinajstić information content (AvgIpc) is 2.69. The van der Waals surface area contributed by atoms with E-state index in [1.807, 2.05) is 0 Å². The van der Waals surface area contributed by atoms with Crippen LogP contribution in [0.4, 0.5) is 0 Å². The lowest BCUT2D eigenvalue weighted by Crippen LogP contribution is -2.23. The summed E-state index contributed by atoms with van der Waals surface area (Å²) in [4.78, 5) is 35.2. The van der Waals surface area contributed by atoms with Crippen molar-refractivity contribution in [2.45, 2.75) is 117 Å². The Balaban J connectivity index is 3.96. The van der Waals surface area contributed by atoms with Gasteiger partial charge in [0.25, 0.3) is 0 Å². The third kappa shape index (κ3) is 19.7. The predicted octanol–water partition coefficient (Wildman–Crippen LogP) is 6.17. The summed E-state index contributed by atoms with van der Waals surface area (Å²) < 4.78 is 10.6. The number of hydrogen-bond donors (Lipinski definition) is 0. The van der Waals surface area contributed by atoms with Crippen LogP contribution in [-0.2, 0) is 23.9 Å². The quantitative estimate of drug-likeness (QED) is 0.177. The summed E-state index contributed by atoms with van der Waals surface area (Å²) in [5.74, 6) is -0.705. The van der Waals surface area contributed by atoms with Crippen LogP contribution in [0.25, 0.3) is 0 Å². The minimum atomic E-state index is -0.255. The van der Waals surface area contributed by atoms with Crippen LogP contribution < -0.4 is 0 Å². The number of carbonyl (C=O) groups is 3. The van der Waals surface area contributed by atoms with E-state index in [2.05, 4.69) is 13.8 Å². The highest BCUT2D eigenvalue weighted by Crippen LogP contribution is 2.12. The van der Waals surface area contributed by atoms with Gasteiger partial charge in [0.2, 0.25) is 0 Å². The summed E-state index contributed by atoms with van der Waals surface area (Å²) in [6.07, 6.45) is 14.5. The van der Waals surface area contributed by atoms with E-state index in [0.29, 0.717) is 12.8 Å². The van der Waals surface area contributed by atoms with Gasteiger partial charge >= 0.3 is 11.9 Å². The second-order valence-corrected chi connectivity index (χ2v) is 8.17. The van der Waals surface area contributed by atoms with Crippen LogP contribution in [0, 0.1) is 5.92 Å². The van der Waals surface area contributed by atoms with Gasteiger partial charge in [-0.2, -0.15) is 0 Å². The standard InChI is InChI=1S/C24H44O5/c1-4-6-8-10-12-14-16-23(26)28-19-22(18-21(3)25)20-29-24(27)17-15-13-11-9-7-5-2/h22H,4-20H2,1-3H3. The van der Waals surface area contributed by atoms with Crippen LogP contribution >= 0.6 is 0 Å². The first-order valence-electron chi connectivity index (χ1n) is 11.8. The Labute approximate surface area is 178 Å². The molecule has 0 radical (unpaired) electrons. The van der Waals surface area contributed by atoms with Crippen molar-refractivity contribution in [2.24, 2.45) is 5.92 Å².